The summed E-state index contributed by atoms with van der Waals surface area (Å²) in [6.45, 7) is 3.64. The van der Waals surface area contributed by atoms with Gasteiger partial charge < -0.3 is 20.3 Å². The van der Waals surface area contributed by atoms with E-state index in [1.807, 2.05) is 13.8 Å². The Kier molecular flexibility index (Phi) is 5.59. The average molecular weight is 434 g/mol. The summed E-state index contributed by atoms with van der Waals surface area (Å²) < 4.78 is 5.92. The molecule has 2 amide bonds. The summed E-state index contributed by atoms with van der Waals surface area (Å²) in [6, 6.07) is 3.44. The van der Waals surface area contributed by atoms with Crippen molar-refractivity contribution in [3.63, 3.8) is 0 Å². The molecule has 0 aromatic carbocycles. The molecule has 8 nitrogen and oxygen atoms in total. The minimum atomic E-state index is -0.598. The van der Waals surface area contributed by atoms with E-state index in [1.54, 1.807) is 37.8 Å². The van der Waals surface area contributed by atoms with Gasteiger partial charge >= 0.3 is 0 Å². The number of anilines is 1. The predicted molar refractivity (Wildman–Crippen MR) is 103 cm³/mol. The molecule has 1 atom stereocenters. The summed E-state index contributed by atoms with van der Waals surface area (Å²) in [5.74, 6) is 0.483. The van der Waals surface area contributed by atoms with E-state index >= 15 is 0 Å². The summed E-state index contributed by atoms with van der Waals surface area (Å²) in [6.07, 6.45) is 4.22. The molecule has 0 spiro atoms. The van der Waals surface area contributed by atoms with Gasteiger partial charge in [-0.15, -0.1) is 0 Å². The van der Waals surface area contributed by atoms with E-state index in [1.165, 1.54) is 4.90 Å². The fourth-order valence-corrected chi connectivity index (χ4v) is 3.17. The predicted octanol–water partition coefficient (Wildman–Crippen LogP) is 2.34. The lowest BCUT2D eigenvalue weighted by atomic mass is 10.1. The number of hydrogen-bond donors (Lipinski definition) is 2. The van der Waals surface area contributed by atoms with E-state index in [9.17, 15) is 9.59 Å². The average Bonchev–Trinajstić information content (AvgIpc) is 2.63. The second-order valence-electron chi connectivity index (χ2n) is 6.41. The van der Waals surface area contributed by atoms with Crippen LogP contribution in [-0.4, -0.2) is 46.4 Å². The van der Waals surface area contributed by atoms with E-state index in [-0.39, 0.29) is 24.4 Å². The van der Waals surface area contributed by atoms with Crippen molar-refractivity contribution in [1.29, 1.82) is 0 Å². The van der Waals surface area contributed by atoms with Gasteiger partial charge in [0.15, 0.2) is 0 Å². The molecule has 2 aromatic rings. The van der Waals surface area contributed by atoms with Crippen LogP contribution >= 0.6 is 15.9 Å². The Morgan fingerprint density at radius 2 is 2.15 bits per heavy atom. The van der Waals surface area contributed by atoms with Crippen LogP contribution in [0.2, 0.25) is 0 Å². The molecular formula is C18H20BrN5O3. The molecule has 0 bridgehead atoms. The van der Waals surface area contributed by atoms with Crippen molar-refractivity contribution in [2.45, 2.75) is 26.1 Å². The van der Waals surface area contributed by atoms with Gasteiger partial charge in [-0.05, 0) is 41.9 Å². The monoisotopic (exact) mass is 433 g/mol. The zero-order valence-electron chi connectivity index (χ0n) is 15.2. The van der Waals surface area contributed by atoms with Gasteiger partial charge in [-0.2, -0.15) is 0 Å². The minimum absolute atomic E-state index is 0.0228. The number of carbonyl (C=O) groups is 2. The number of halogens is 1. The smallest absolute Gasteiger partial charge is 0.260 e. The highest BCUT2D eigenvalue weighted by atomic mass is 79.9. The molecule has 142 valence electrons. The second kappa shape index (κ2) is 7.91. The molecule has 0 aliphatic carbocycles. The molecule has 0 saturated heterocycles. The summed E-state index contributed by atoms with van der Waals surface area (Å²) in [4.78, 5) is 35.4. The van der Waals surface area contributed by atoms with Crippen LogP contribution in [0.5, 0.6) is 5.75 Å². The van der Waals surface area contributed by atoms with E-state index in [2.05, 4.69) is 36.5 Å². The fraction of sp³-hybridized carbons (Fsp3) is 0.333. The minimum Gasteiger partial charge on any atom is -0.495 e. The van der Waals surface area contributed by atoms with Crippen molar-refractivity contribution in [3.8, 4) is 5.75 Å². The first kappa shape index (κ1) is 19.1. The van der Waals surface area contributed by atoms with Crippen LogP contribution in [0, 0.1) is 0 Å². The van der Waals surface area contributed by atoms with Gasteiger partial charge in [-0.1, -0.05) is 0 Å². The molecule has 1 aliphatic heterocycles. The molecule has 0 radical (unpaired) electrons. The van der Waals surface area contributed by atoms with Gasteiger partial charge in [-0.25, -0.2) is 4.98 Å². The third kappa shape index (κ3) is 4.19. The summed E-state index contributed by atoms with van der Waals surface area (Å²) in [7, 11) is 1.54. The van der Waals surface area contributed by atoms with Crippen LogP contribution in [0.4, 0.5) is 5.82 Å². The number of ether oxygens (including phenoxy) is 1. The Morgan fingerprint density at radius 1 is 1.37 bits per heavy atom. The first-order chi connectivity index (χ1) is 12.9. The van der Waals surface area contributed by atoms with Gasteiger partial charge in [0.1, 0.15) is 24.3 Å². The fourth-order valence-electron chi connectivity index (χ4n) is 2.84. The van der Waals surface area contributed by atoms with E-state index in [0.717, 1.165) is 0 Å². The van der Waals surface area contributed by atoms with Crippen LogP contribution in [-0.2, 0) is 4.79 Å². The van der Waals surface area contributed by atoms with E-state index < -0.39 is 6.17 Å². The number of carbonyl (C=O) groups excluding carboxylic acids is 2. The lowest BCUT2D eigenvalue weighted by molar-refractivity contribution is -0.122. The van der Waals surface area contributed by atoms with Crippen molar-refractivity contribution >= 4 is 33.6 Å². The second-order valence-corrected chi connectivity index (χ2v) is 7.33. The van der Waals surface area contributed by atoms with Crippen LogP contribution in [0.15, 0.2) is 35.2 Å². The SMILES string of the molecule is COc1cncc(C2Nc3ncc(Br)cc3C(=O)N2CC(=O)NC(C)C)c1. The number of fused-ring (bicyclic) bond motifs is 1. The zero-order valence-corrected chi connectivity index (χ0v) is 16.8. The third-order valence-electron chi connectivity index (χ3n) is 3.98. The first-order valence-electron chi connectivity index (χ1n) is 8.40. The molecule has 2 aromatic heterocycles. The maximum atomic E-state index is 13.1. The van der Waals surface area contributed by atoms with Crippen molar-refractivity contribution in [1.82, 2.24) is 20.2 Å². The Balaban J connectivity index is 2.00. The van der Waals surface area contributed by atoms with E-state index in [4.69, 9.17) is 4.74 Å². The summed E-state index contributed by atoms with van der Waals surface area (Å²) in [5, 5.41) is 6.04. The number of pyridine rings is 2. The highest BCUT2D eigenvalue weighted by Gasteiger charge is 2.35. The Morgan fingerprint density at radius 3 is 2.85 bits per heavy atom. The van der Waals surface area contributed by atoms with Crippen LogP contribution in [0.25, 0.3) is 0 Å². The number of hydrogen-bond acceptors (Lipinski definition) is 6. The Bertz CT molecular complexity index is 874. The number of rotatable bonds is 5. The van der Waals surface area contributed by atoms with Crippen molar-refractivity contribution in [2.75, 3.05) is 19.0 Å². The van der Waals surface area contributed by atoms with Crippen LogP contribution in [0.3, 0.4) is 0 Å². The standard InChI is InChI=1S/C18H20BrN5O3/c1-10(2)22-15(25)9-24-17(11-4-13(27-3)8-20-6-11)23-16-14(18(24)26)5-12(19)7-21-16/h4-8,10,17H,9H2,1-3H3,(H,21,23)(H,22,25). The molecule has 1 aliphatic rings. The van der Waals surface area contributed by atoms with Crippen molar-refractivity contribution < 1.29 is 14.3 Å². The molecule has 1 unspecified atom stereocenters. The van der Waals surface area contributed by atoms with Crippen molar-refractivity contribution in [2.24, 2.45) is 0 Å². The molecule has 0 saturated carbocycles. The van der Waals surface area contributed by atoms with Crippen LogP contribution in [0.1, 0.15) is 35.9 Å². The van der Waals surface area contributed by atoms with Gasteiger partial charge in [0.2, 0.25) is 5.91 Å². The number of aromatic nitrogens is 2. The third-order valence-corrected chi connectivity index (χ3v) is 4.41. The first-order valence-corrected chi connectivity index (χ1v) is 9.19. The Labute approximate surface area is 165 Å². The molecule has 3 heterocycles. The van der Waals surface area contributed by atoms with Gasteiger partial charge in [0, 0.05) is 28.5 Å². The number of methoxy groups -OCH3 is 1. The van der Waals surface area contributed by atoms with Crippen LogP contribution < -0.4 is 15.4 Å². The molecule has 27 heavy (non-hydrogen) atoms. The van der Waals surface area contributed by atoms with Gasteiger partial charge in [0.05, 0.1) is 18.9 Å². The largest absolute Gasteiger partial charge is 0.495 e. The lowest BCUT2D eigenvalue weighted by Crippen LogP contribution is -2.49. The molecule has 0 fully saturated rings. The zero-order chi connectivity index (χ0) is 19.6. The van der Waals surface area contributed by atoms with Crippen molar-refractivity contribution in [3.05, 3.63) is 46.3 Å². The highest BCUT2D eigenvalue weighted by Crippen LogP contribution is 2.33. The van der Waals surface area contributed by atoms with Gasteiger partial charge in [-0.3, -0.25) is 14.6 Å². The topological polar surface area (TPSA) is 96.4 Å². The molecule has 9 heteroatoms. The lowest BCUT2D eigenvalue weighted by Gasteiger charge is -2.37. The molecular weight excluding hydrogens is 414 g/mol. The van der Waals surface area contributed by atoms with E-state index in [0.29, 0.717) is 27.2 Å². The quantitative estimate of drug-likeness (QED) is 0.750. The number of nitrogens with one attached hydrogen (secondary N) is 2. The maximum Gasteiger partial charge on any atom is 0.260 e. The molecule has 3 rings (SSSR count). The maximum absolute atomic E-state index is 13.1. The Hall–Kier alpha value is -2.68. The molecule has 2 N–H and O–H groups in total. The van der Waals surface area contributed by atoms with Gasteiger partial charge in [0.25, 0.3) is 5.91 Å². The normalized spacial score (nSPS) is 16.0. The highest BCUT2D eigenvalue weighted by molar-refractivity contribution is 9.10. The summed E-state index contributed by atoms with van der Waals surface area (Å²) in [5.41, 5.74) is 1.09. The summed E-state index contributed by atoms with van der Waals surface area (Å²) >= 11 is 3.33. The number of amides is 2. The number of nitrogens with zero attached hydrogens (tertiary/aromatic N) is 3.